The Bertz CT molecular complexity index is 603. The van der Waals surface area contributed by atoms with Gasteiger partial charge in [-0.3, -0.25) is 0 Å². The molecule has 0 amide bonds. The van der Waals surface area contributed by atoms with Crippen LogP contribution in [0.25, 0.3) is 5.69 Å². The van der Waals surface area contributed by atoms with Crippen molar-refractivity contribution in [1.29, 1.82) is 0 Å². The summed E-state index contributed by atoms with van der Waals surface area (Å²) < 4.78 is 9.68. The molecule has 0 aliphatic rings. The van der Waals surface area contributed by atoms with Crippen molar-refractivity contribution in [3.05, 3.63) is 43.0 Å². The quantitative estimate of drug-likeness (QED) is 0.259. The molecule has 27 heavy (non-hydrogen) atoms. The first-order valence-electron chi connectivity index (χ1n) is 11.0. The average molecular weight is 372 g/mol. The summed E-state index contributed by atoms with van der Waals surface area (Å²) in [5.74, 6) is 0.898. The van der Waals surface area contributed by atoms with Crippen molar-refractivity contribution in [1.82, 2.24) is 4.57 Å². The zero-order valence-electron chi connectivity index (χ0n) is 17.5. The number of aromatic nitrogens is 2. The maximum Gasteiger partial charge on any atom is 0.248 e. The number of aryl methyl sites for hydroxylation is 1. The van der Waals surface area contributed by atoms with E-state index in [0.717, 1.165) is 12.3 Å². The van der Waals surface area contributed by atoms with Crippen LogP contribution in [0.3, 0.4) is 0 Å². The summed E-state index contributed by atoms with van der Waals surface area (Å²) in [5.41, 5.74) is 1.17. The lowest BCUT2D eigenvalue weighted by Gasteiger charge is -2.02. The van der Waals surface area contributed by atoms with Crippen LogP contribution in [0.1, 0.15) is 84.0 Å². The third-order valence-electron chi connectivity index (χ3n) is 5.33. The summed E-state index contributed by atoms with van der Waals surface area (Å²) in [5, 5.41) is 0. The normalized spacial score (nSPS) is 11.0. The van der Waals surface area contributed by atoms with Crippen LogP contribution in [0.2, 0.25) is 0 Å². The molecular weight excluding hydrogens is 332 g/mol. The molecule has 3 heteroatoms. The monoisotopic (exact) mass is 371 g/mol. The van der Waals surface area contributed by atoms with E-state index in [9.17, 15) is 0 Å². The highest BCUT2D eigenvalue weighted by atomic mass is 16.5. The number of hydrogen-bond donors (Lipinski definition) is 0. The molecule has 2 rings (SSSR count). The highest BCUT2D eigenvalue weighted by molar-refractivity contribution is 5.36. The van der Waals surface area contributed by atoms with E-state index in [1.165, 1.54) is 82.7 Å². The molecule has 1 aromatic carbocycles. The smallest absolute Gasteiger partial charge is 0.248 e. The van der Waals surface area contributed by atoms with Crippen LogP contribution in [0.4, 0.5) is 0 Å². The Hall–Kier alpha value is -1.77. The molecule has 1 aromatic heterocycles. The molecule has 0 saturated heterocycles. The summed E-state index contributed by atoms with van der Waals surface area (Å²) in [6.45, 7) is 3.40. The minimum absolute atomic E-state index is 0.898. The summed E-state index contributed by atoms with van der Waals surface area (Å²) in [6.07, 6.45) is 23.3. The van der Waals surface area contributed by atoms with Gasteiger partial charge in [0, 0.05) is 0 Å². The van der Waals surface area contributed by atoms with Crippen molar-refractivity contribution in [2.75, 3.05) is 7.11 Å². The zero-order valence-corrected chi connectivity index (χ0v) is 17.5. The maximum absolute atomic E-state index is 5.22. The number of imidazole rings is 1. The lowest BCUT2D eigenvalue weighted by Crippen LogP contribution is -2.30. The number of rotatable bonds is 15. The van der Waals surface area contributed by atoms with E-state index in [2.05, 4.69) is 46.9 Å². The third-order valence-corrected chi connectivity index (χ3v) is 5.33. The van der Waals surface area contributed by atoms with Crippen molar-refractivity contribution >= 4 is 0 Å². The standard InChI is InChI=1S/C24H39N2O/c1-3-4-5-6-7-8-9-10-11-12-13-14-19-25-20-21-26(22-25)23-15-17-24(27-2)18-16-23/h15-18,20-22H,3-14,19H2,1-2H3/q+1. The van der Waals surface area contributed by atoms with Gasteiger partial charge in [-0.2, -0.15) is 0 Å². The molecule has 2 aromatic rings. The third kappa shape index (κ3) is 8.64. The van der Waals surface area contributed by atoms with Gasteiger partial charge in [0.05, 0.1) is 13.7 Å². The fourth-order valence-electron chi connectivity index (χ4n) is 3.57. The number of ether oxygens (including phenoxy) is 1. The van der Waals surface area contributed by atoms with Crippen LogP contribution >= 0.6 is 0 Å². The van der Waals surface area contributed by atoms with Crippen LogP contribution in [0.5, 0.6) is 5.75 Å². The van der Waals surface area contributed by atoms with E-state index < -0.39 is 0 Å². The number of hydrogen-bond acceptors (Lipinski definition) is 1. The van der Waals surface area contributed by atoms with Crippen molar-refractivity contribution < 1.29 is 9.30 Å². The van der Waals surface area contributed by atoms with Crippen molar-refractivity contribution in [2.24, 2.45) is 0 Å². The topological polar surface area (TPSA) is 18.0 Å². The Morgan fingerprint density at radius 1 is 0.778 bits per heavy atom. The van der Waals surface area contributed by atoms with Crippen LogP contribution in [0, 0.1) is 0 Å². The minimum Gasteiger partial charge on any atom is -0.497 e. The molecule has 1 heterocycles. The van der Waals surface area contributed by atoms with E-state index in [-0.39, 0.29) is 0 Å². The SMILES string of the molecule is CCCCCCCCCCCCCC[n+]1ccn(-c2ccc(OC)cc2)c1. The van der Waals surface area contributed by atoms with Crippen LogP contribution < -0.4 is 9.30 Å². The first kappa shape index (κ1) is 21.5. The lowest BCUT2D eigenvalue weighted by molar-refractivity contribution is -0.696. The van der Waals surface area contributed by atoms with E-state index >= 15 is 0 Å². The summed E-state index contributed by atoms with van der Waals surface area (Å²) >= 11 is 0. The predicted octanol–water partition coefficient (Wildman–Crippen LogP) is 6.47. The number of unbranched alkanes of at least 4 members (excludes halogenated alkanes) is 11. The summed E-state index contributed by atoms with van der Waals surface area (Å²) in [6, 6.07) is 8.19. The molecule has 0 aliphatic heterocycles. The first-order chi connectivity index (χ1) is 13.3. The Labute approximate surface area is 166 Å². The predicted molar refractivity (Wildman–Crippen MR) is 114 cm³/mol. The number of benzene rings is 1. The van der Waals surface area contributed by atoms with Gasteiger partial charge in [0.25, 0.3) is 0 Å². The molecule has 0 atom stereocenters. The van der Waals surface area contributed by atoms with Crippen LogP contribution in [-0.2, 0) is 6.54 Å². The average Bonchev–Trinajstić information content (AvgIpc) is 3.18. The minimum atomic E-state index is 0.898. The molecule has 0 bridgehead atoms. The Morgan fingerprint density at radius 3 is 1.89 bits per heavy atom. The number of methoxy groups -OCH3 is 1. The van der Waals surface area contributed by atoms with Gasteiger partial charge in [0.1, 0.15) is 23.8 Å². The maximum atomic E-state index is 5.22. The highest BCUT2D eigenvalue weighted by Gasteiger charge is 2.06. The lowest BCUT2D eigenvalue weighted by atomic mass is 10.1. The van der Waals surface area contributed by atoms with Gasteiger partial charge in [0.2, 0.25) is 6.33 Å². The van der Waals surface area contributed by atoms with Crippen molar-refractivity contribution in [3.8, 4) is 11.4 Å². The fourth-order valence-corrected chi connectivity index (χ4v) is 3.57. The van der Waals surface area contributed by atoms with Gasteiger partial charge in [-0.25, -0.2) is 9.13 Å². The van der Waals surface area contributed by atoms with E-state index in [1.807, 2.05) is 12.1 Å². The second-order valence-electron chi connectivity index (χ2n) is 7.65. The summed E-state index contributed by atoms with van der Waals surface area (Å²) in [4.78, 5) is 0. The molecule has 0 aliphatic carbocycles. The second-order valence-corrected chi connectivity index (χ2v) is 7.65. The van der Waals surface area contributed by atoms with Crippen LogP contribution in [0.15, 0.2) is 43.0 Å². The second kappa shape index (κ2) is 13.4. The van der Waals surface area contributed by atoms with Crippen LogP contribution in [-0.4, -0.2) is 11.7 Å². The molecular formula is C24H39N2O+. The fraction of sp³-hybridized carbons (Fsp3) is 0.625. The molecule has 0 N–H and O–H groups in total. The largest absolute Gasteiger partial charge is 0.497 e. The number of nitrogens with zero attached hydrogens (tertiary/aromatic N) is 2. The van der Waals surface area contributed by atoms with Crippen molar-refractivity contribution in [3.63, 3.8) is 0 Å². The Kier molecular flexibility index (Phi) is 10.7. The molecule has 150 valence electrons. The molecule has 0 fully saturated rings. The van der Waals surface area contributed by atoms with E-state index in [1.54, 1.807) is 7.11 Å². The zero-order chi connectivity index (χ0) is 19.2. The molecule has 0 spiro atoms. The van der Waals surface area contributed by atoms with Gasteiger partial charge in [0.15, 0.2) is 0 Å². The Balaban J connectivity index is 1.51. The van der Waals surface area contributed by atoms with Gasteiger partial charge < -0.3 is 4.74 Å². The Morgan fingerprint density at radius 2 is 1.33 bits per heavy atom. The van der Waals surface area contributed by atoms with Crippen molar-refractivity contribution in [2.45, 2.75) is 90.5 Å². The molecule has 0 unspecified atom stereocenters. The molecule has 0 saturated carbocycles. The van der Waals surface area contributed by atoms with Gasteiger partial charge in [-0.15, -0.1) is 0 Å². The molecule has 3 nitrogen and oxygen atoms in total. The first-order valence-corrected chi connectivity index (χ1v) is 11.0. The highest BCUT2D eigenvalue weighted by Crippen LogP contribution is 2.14. The van der Waals surface area contributed by atoms with E-state index in [4.69, 9.17) is 4.74 Å². The summed E-state index contributed by atoms with van der Waals surface area (Å²) in [7, 11) is 1.70. The van der Waals surface area contributed by atoms with Gasteiger partial charge in [-0.1, -0.05) is 71.1 Å². The molecule has 0 radical (unpaired) electrons. The van der Waals surface area contributed by atoms with Gasteiger partial charge >= 0.3 is 0 Å². The van der Waals surface area contributed by atoms with Gasteiger partial charge in [-0.05, 0) is 37.1 Å². The van der Waals surface area contributed by atoms with E-state index in [0.29, 0.717) is 0 Å².